The first-order valence-corrected chi connectivity index (χ1v) is 8.38. The van der Waals surface area contributed by atoms with Crippen LogP contribution in [-0.4, -0.2) is 17.5 Å². The van der Waals surface area contributed by atoms with Crippen molar-refractivity contribution in [1.82, 2.24) is 15.6 Å². The summed E-state index contributed by atoms with van der Waals surface area (Å²) in [5.74, 6) is 2.25. The van der Waals surface area contributed by atoms with E-state index in [4.69, 9.17) is 4.42 Å². The molecule has 21 heavy (non-hydrogen) atoms. The predicted molar refractivity (Wildman–Crippen MR) is 89.7 cm³/mol. The zero-order chi connectivity index (χ0) is 15.2. The van der Waals surface area contributed by atoms with Gasteiger partial charge in [-0.3, -0.25) is 0 Å². The van der Waals surface area contributed by atoms with Crippen LogP contribution in [0.5, 0.6) is 0 Å². The number of aryl methyl sites for hydroxylation is 2. The van der Waals surface area contributed by atoms with Gasteiger partial charge in [0.1, 0.15) is 12.3 Å². The molecule has 0 spiro atoms. The summed E-state index contributed by atoms with van der Waals surface area (Å²) in [6.07, 6.45) is 0. The quantitative estimate of drug-likeness (QED) is 0.625. The second kappa shape index (κ2) is 7.61. The molecule has 5 nitrogen and oxygen atoms in total. The molecule has 0 aromatic carbocycles. The maximum absolute atomic E-state index is 5.53. The van der Waals surface area contributed by atoms with Crippen LogP contribution >= 0.6 is 27.3 Å². The average molecular weight is 371 g/mol. The minimum atomic E-state index is 0.429. The van der Waals surface area contributed by atoms with Crippen molar-refractivity contribution in [2.45, 2.75) is 33.9 Å². The molecule has 0 fully saturated rings. The largest absolute Gasteiger partial charge is 0.444 e. The molecule has 2 N–H and O–H groups in total. The van der Waals surface area contributed by atoms with Crippen LogP contribution in [0.3, 0.4) is 0 Å². The number of nitrogens with one attached hydrogen (secondary N) is 2. The summed E-state index contributed by atoms with van der Waals surface area (Å²) in [7, 11) is 0. The van der Waals surface area contributed by atoms with E-state index in [1.807, 2.05) is 26.8 Å². The van der Waals surface area contributed by atoms with Gasteiger partial charge in [0.2, 0.25) is 5.89 Å². The van der Waals surface area contributed by atoms with Gasteiger partial charge in [-0.2, -0.15) is 0 Å². The lowest BCUT2D eigenvalue weighted by Crippen LogP contribution is -2.36. The van der Waals surface area contributed by atoms with Crippen LogP contribution in [0.2, 0.25) is 0 Å². The zero-order valence-corrected chi connectivity index (χ0v) is 14.8. The third-order valence-electron chi connectivity index (χ3n) is 2.85. The summed E-state index contributed by atoms with van der Waals surface area (Å²) < 4.78 is 6.66. The Balaban J connectivity index is 1.95. The number of nitrogens with zero attached hydrogens (tertiary/aromatic N) is 2. The summed E-state index contributed by atoms with van der Waals surface area (Å²) in [5.41, 5.74) is 0.918. The van der Waals surface area contributed by atoms with Crippen LogP contribution in [-0.2, 0) is 13.1 Å². The van der Waals surface area contributed by atoms with Crippen LogP contribution in [0, 0.1) is 13.8 Å². The Bertz CT molecular complexity index is 601. The number of thiophene rings is 1. The van der Waals surface area contributed by atoms with Gasteiger partial charge < -0.3 is 15.1 Å². The lowest BCUT2D eigenvalue weighted by Gasteiger charge is -2.09. The average Bonchev–Trinajstić information content (AvgIpc) is 3.00. The molecule has 0 aliphatic heterocycles. The molecule has 7 heteroatoms. The Kier molecular flexibility index (Phi) is 5.81. The SMILES string of the molecule is CCNC(=NCc1nc(C)c(C)o1)NCc1ccc(Br)s1. The molecule has 0 saturated carbocycles. The standard InChI is InChI=1S/C14H19BrN4OS/c1-4-16-14(17-7-11-5-6-12(15)21-11)18-8-13-19-9(2)10(3)20-13/h5-6H,4,7-8H2,1-3H3,(H2,16,17,18). The highest BCUT2D eigenvalue weighted by Crippen LogP contribution is 2.21. The van der Waals surface area contributed by atoms with Gasteiger partial charge >= 0.3 is 0 Å². The lowest BCUT2D eigenvalue weighted by atomic mass is 10.4. The highest BCUT2D eigenvalue weighted by Gasteiger charge is 2.06. The minimum Gasteiger partial charge on any atom is -0.444 e. The minimum absolute atomic E-state index is 0.429. The number of aliphatic imine (C=N–C) groups is 1. The number of oxazole rings is 1. The number of halogens is 1. The molecule has 0 saturated heterocycles. The van der Waals surface area contributed by atoms with Gasteiger partial charge in [0.05, 0.1) is 16.0 Å². The van der Waals surface area contributed by atoms with Gasteiger partial charge in [-0.15, -0.1) is 11.3 Å². The van der Waals surface area contributed by atoms with Gasteiger partial charge in [-0.25, -0.2) is 9.98 Å². The second-order valence-electron chi connectivity index (χ2n) is 4.50. The molecule has 0 bridgehead atoms. The summed E-state index contributed by atoms with van der Waals surface area (Å²) >= 11 is 5.17. The summed E-state index contributed by atoms with van der Waals surface area (Å²) in [6, 6.07) is 4.14. The maximum atomic E-state index is 5.53. The normalized spacial score (nSPS) is 11.7. The fourth-order valence-corrected chi connectivity index (χ4v) is 3.14. The van der Waals surface area contributed by atoms with E-state index in [0.717, 1.165) is 34.3 Å². The highest BCUT2D eigenvalue weighted by atomic mass is 79.9. The van der Waals surface area contributed by atoms with Crippen molar-refractivity contribution in [2.24, 2.45) is 4.99 Å². The van der Waals surface area contributed by atoms with Crippen molar-refractivity contribution < 1.29 is 4.42 Å². The predicted octanol–water partition coefficient (Wildman–Crippen LogP) is 3.37. The van der Waals surface area contributed by atoms with Crippen molar-refractivity contribution in [3.8, 4) is 0 Å². The Morgan fingerprint density at radius 2 is 2.19 bits per heavy atom. The van der Waals surface area contributed by atoms with Crippen LogP contribution in [0.15, 0.2) is 25.3 Å². The fraction of sp³-hybridized carbons (Fsp3) is 0.429. The second-order valence-corrected chi connectivity index (χ2v) is 7.05. The van der Waals surface area contributed by atoms with Crippen molar-refractivity contribution in [2.75, 3.05) is 6.54 Å². The summed E-state index contributed by atoms with van der Waals surface area (Å²) in [5, 5.41) is 6.51. The Labute approximate surface area is 137 Å². The number of hydrogen-bond donors (Lipinski definition) is 2. The number of rotatable bonds is 5. The Morgan fingerprint density at radius 1 is 1.38 bits per heavy atom. The van der Waals surface area contributed by atoms with Gasteiger partial charge in [0.15, 0.2) is 5.96 Å². The molecule has 0 radical (unpaired) electrons. The summed E-state index contributed by atoms with van der Waals surface area (Å²) in [6.45, 7) is 7.86. The van der Waals surface area contributed by atoms with E-state index in [-0.39, 0.29) is 0 Å². The van der Waals surface area contributed by atoms with E-state index >= 15 is 0 Å². The van der Waals surface area contributed by atoms with Crippen molar-refractivity contribution in [3.05, 3.63) is 38.1 Å². The zero-order valence-electron chi connectivity index (χ0n) is 12.4. The van der Waals surface area contributed by atoms with E-state index in [0.29, 0.717) is 12.4 Å². The van der Waals surface area contributed by atoms with E-state index in [2.05, 4.69) is 42.6 Å². The number of guanidine groups is 1. The molecular weight excluding hydrogens is 352 g/mol. The first-order valence-electron chi connectivity index (χ1n) is 6.77. The maximum Gasteiger partial charge on any atom is 0.216 e. The Hall–Kier alpha value is -1.34. The van der Waals surface area contributed by atoms with Crippen molar-refractivity contribution in [3.63, 3.8) is 0 Å². The van der Waals surface area contributed by atoms with Crippen LogP contribution in [0.25, 0.3) is 0 Å². The Morgan fingerprint density at radius 3 is 2.76 bits per heavy atom. The molecule has 2 aromatic rings. The third kappa shape index (κ3) is 4.86. The first kappa shape index (κ1) is 16.0. The lowest BCUT2D eigenvalue weighted by molar-refractivity contribution is 0.473. The first-order chi connectivity index (χ1) is 10.1. The molecular formula is C14H19BrN4OS. The highest BCUT2D eigenvalue weighted by molar-refractivity contribution is 9.11. The van der Waals surface area contributed by atoms with Crippen LogP contribution in [0.1, 0.15) is 29.1 Å². The van der Waals surface area contributed by atoms with Crippen molar-refractivity contribution in [1.29, 1.82) is 0 Å². The van der Waals surface area contributed by atoms with E-state index in [1.165, 1.54) is 4.88 Å². The number of hydrogen-bond acceptors (Lipinski definition) is 4. The molecule has 2 rings (SSSR count). The van der Waals surface area contributed by atoms with Crippen LogP contribution < -0.4 is 10.6 Å². The molecule has 2 heterocycles. The van der Waals surface area contributed by atoms with Crippen LogP contribution in [0.4, 0.5) is 0 Å². The molecule has 0 amide bonds. The van der Waals surface area contributed by atoms with Crippen molar-refractivity contribution >= 4 is 33.2 Å². The fourth-order valence-electron chi connectivity index (χ4n) is 1.71. The van der Waals surface area contributed by atoms with E-state index < -0.39 is 0 Å². The van der Waals surface area contributed by atoms with Gasteiger partial charge in [-0.05, 0) is 48.8 Å². The summed E-state index contributed by atoms with van der Waals surface area (Å²) in [4.78, 5) is 10.1. The molecule has 0 unspecified atom stereocenters. The molecule has 0 aliphatic rings. The van der Waals surface area contributed by atoms with Gasteiger partial charge in [0.25, 0.3) is 0 Å². The van der Waals surface area contributed by atoms with Gasteiger partial charge in [0, 0.05) is 11.4 Å². The topological polar surface area (TPSA) is 62.5 Å². The van der Waals surface area contributed by atoms with Gasteiger partial charge in [-0.1, -0.05) is 0 Å². The molecule has 114 valence electrons. The molecule has 0 aliphatic carbocycles. The molecule has 0 atom stereocenters. The monoisotopic (exact) mass is 370 g/mol. The smallest absolute Gasteiger partial charge is 0.216 e. The molecule has 2 aromatic heterocycles. The van der Waals surface area contributed by atoms with E-state index in [9.17, 15) is 0 Å². The van der Waals surface area contributed by atoms with E-state index in [1.54, 1.807) is 11.3 Å². The number of aromatic nitrogens is 1. The third-order valence-corrected chi connectivity index (χ3v) is 4.47.